The molecule has 17 heavy (non-hydrogen) atoms. The fourth-order valence-electron chi connectivity index (χ4n) is 1.70. The van der Waals surface area contributed by atoms with Gasteiger partial charge in [-0.25, -0.2) is 4.98 Å². The number of nitrogens with two attached hydrogens (primary N) is 1. The molecule has 0 bridgehead atoms. The van der Waals surface area contributed by atoms with Crippen LogP contribution in [0.2, 0.25) is 0 Å². The Morgan fingerprint density at radius 3 is 2.65 bits per heavy atom. The molecule has 2 N–H and O–H groups in total. The van der Waals surface area contributed by atoms with Crippen LogP contribution in [0.5, 0.6) is 0 Å². The van der Waals surface area contributed by atoms with Gasteiger partial charge in [0.25, 0.3) is 0 Å². The number of halogens is 1. The normalized spacial score (nSPS) is 12.3. The van der Waals surface area contributed by atoms with E-state index in [1.54, 1.807) is 0 Å². The van der Waals surface area contributed by atoms with Crippen molar-refractivity contribution in [2.24, 2.45) is 5.73 Å². The predicted molar refractivity (Wildman–Crippen MR) is 73.2 cm³/mol. The summed E-state index contributed by atoms with van der Waals surface area (Å²) in [4.78, 5) is 4.46. The summed E-state index contributed by atoms with van der Waals surface area (Å²) < 4.78 is 6.62. The van der Waals surface area contributed by atoms with Gasteiger partial charge in [-0.15, -0.1) is 0 Å². The van der Waals surface area contributed by atoms with Gasteiger partial charge in [-0.2, -0.15) is 0 Å². The first kappa shape index (κ1) is 12.6. The molecule has 0 amide bonds. The standard InChI is InChI=1S/C13H17BrN2O/c1-13(2,3)8-6-9(14)12-10(7-8)16-11(17-12)4-5-15/h6-7H,4-5,15H2,1-3H3. The van der Waals surface area contributed by atoms with E-state index in [1.165, 1.54) is 5.56 Å². The molecule has 3 nitrogen and oxygen atoms in total. The molecule has 2 aromatic rings. The van der Waals surface area contributed by atoms with Crippen LogP contribution in [0.15, 0.2) is 21.0 Å². The molecule has 1 heterocycles. The van der Waals surface area contributed by atoms with E-state index in [0.717, 1.165) is 15.6 Å². The molecule has 0 unspecified atom stereocenters. The lowest BCUT2D eigenvalue weighted by Crippen LogP contribution is -2.10. The quantitative estimate of drug-likeness (QED) is 0.924. The molecule has 92 valence electrons. The van der Waals surface area contributed by atoms with Gasteiger partial charge >= 0.3 is 0 Å². The van der Waals surface area contributed by atoms with Gasteiger partial charge in [-0.05, 0) is 39.0 Å². The molecule has 1 aromatic heterocycles. The second-order valence-electron chi connectivity index (χ2n) is 5.20. The van der Waals surface area contributed by atoms with Gasteiger partial charge in [0.2, 0.25) is 0 Å². The predicted octanol–water partition coefficient (Wildman–Crippen LogP) is 3.39. The number of rotatable bonds is 2. The van der Waals surface area contributed by atoms with Crippen molar-refractivity contribution < 1.29 is 4.42 Å². The zero-order valence-electron chi connectivity index (χ0n) is 10.4. The van der Waals surface area contributed by atoms with Crippen molar-refractivity contribution in [3.8, 4) is 0 Å². The third kappa shape index (κ3) is 2.53. The minimum Gasteiger partial charge on any atom is -0.439 e. The molecule has 0 spiro atoms. The van der Waals surface area contributed by atoms with Crippen LogP contribution in [-0.2, 0) is 11.8 Å². The molecule has 0 aliphatic carbocycles. The third-order valence-corrected chi connectivity index (χ3v) is 3.30. The maximum absolute atomic E-state index is 5.67. The second-order valence-corrected chi connectivity index (χ2v) is 6.06. The zero-order valence-corrected chi connectivity index (χ0v) is 12.0. The van der Waals surface area contributed by atoms with Crippen LogP contribution in [-0.4, -0.2) is 11.5 Å². The lowest BCUT2D eigenvalue weighted by Gasteiger charge is -2.18. The van der Waals surface area contributed by atoms with E-state index in [1.807, 2.05) is 0 Å². The van der Waals surface area contributed by atoms with Crippen molar-refractivity contribution in [1.82, 2.24) is 4.98 Å². The van der Waals surface area contributed by atoms with E-state index in [0.29, 0.717) is 18.9 Å². The Kier molecular flexibility index (Phi) is 3.27. The minimum absolute atomic E-state index is 0.101. The Morgan fingerprint density at radius 1 is 1.35 bits per heavy atom. The first-order valence-corrected chi connectivity index (χ1v) is 6.50. The van der Waals surface area contributed by atoms with Gasteiger partial charge in [-0.1, -0.05) is 20.8 Å². The highest BCUT2D eigenvalue weighted by molar-refractivity contribution is 9.10. The van der Waals surface area contributed by atoms with Gasteiger partial charge in [0, 0.05) is 13.0 Å². The van der Waals surface area contributed by atoms with Crippen LogP contribution in [0, 0.1) is 0 Å². The highest BCUT2D eigenvalue weighted by atomic mass is 79.9. The van der Waals surface area contributed by atoms with Crippen molar-refractivity contribution in [3.05, 3.63) is 28.1 Å². The van der Waals surface area contributed by atoms with Gasteiger partial charge in [-0.3, -0.25) is 0 Å². The Hall–Kier alpha value is -0.870. The molecule has 0 saturated heterocycles. The molecule has 0 atom stereocenters. The Morgan fingerprint density at radius 2 is 2.06 bits per heavy atom. The molecule has 0 saturated carbocycles. The van der Waals surface area contributed by atoms with E-state index in [4.69, 9.17) is 10.2 Å². The smallest absolute Gasteiger partial charge is 0.196 e. The highest BCUT2D eigenvalue weighted by Gasteiger charge is 2.18. The molecule has 0 aliphatic rings. The maximum atomic E-state index is 5.67. The van der Waals surface area contributed by atoms with Crippen molar-refractivity contribution in [3.63, 3.8) is 0 Å². The number of hydrogen-bond donors (Lipinski definition) is 1. The van der Waals surface area contributed by atoms with E-state index >= 15 is 0 Å². The van der Waals surface area contributed by atoms with Gasteiger partial charge in [0.15, 0.2) is 11.5 Å². The summed E-state index contributed by atoms with van der Waals surface area (Å²) in [5, 5.41) is 0. The summed E-state index contributed by atoms with van der Waals surface area (Å²) >= 11 is 3.54. The summed E-state index contributed by atoms with van der Waals surface area (Å²) in [6, 6.07) is 4.18. The molecule has 1 aromatic carbocycles. The van der Waals surface area contributed by atoms with Crippen LogP contribution in [0.1, 0.15) is 32.2 Å². The van der Waals surface area contributed by atoms with Gasteiger partial charge in [0.05, 0.1) is 4.47 Å². The summed E-state index contributed by atoms with van der Waals surface area (Å²) in [6.07, 6.45) is 0.673. The molecule has 2 rings (SSSR count). The van der Waals surface area contributed by atoms with Crippen molar-refractivity contribution in [2.75, 3.05) is 6.54 Å². The number of benzene rings is 1. The topological polar surface area (TPSA) is 52.0 Å². The lowest BCUT2D eigenvalue weighted by atomic mass is 9.87. The monoisotopic (exact) mass is 296 g/mol. The summed E-state index contributed by atoms with van der Waals surface area (Å²) in [5.41, 5.74) is 8.55. The largest absolute Gasteiger partial charge is 0.439 e. The van der Waals surface area contributed by atoms with E-state index in [2.05, 4.69) is 53.8 Å². The number of fused-ring (bicyclic) bond motifs is 1. The molecule has 0 aliphatic heterocycles. The van der Waals surface area contributed by atoms with E-state index < -0.39 is 0 Å². The van der Waals surface area contributed by atoms with Crippen LogP contribution in [0.4, 0.5) is 0 Å². The third-order valence-electron chi connectivity index (χ3n) is 2.71. The van der Waals surface area contributed by atoms with E-state index in [9.17, 15) is 0 Å². The number of hydrogen-bond acceptors (Lipinski definition) is 3. The number of aromatic nitrogens is 1. The molecule has 0 radical (unpaired) electrons. The zero-order chi connectivity index (χ0) is 12.6. The average Bonchev–Trinajstić information content (AvgIpc) is 2.60. The lowest BCUT2D eigenvalue weighted by molar-refractivity contribution is 0.529. The number of nitrogens with zero attached hydrogens (tertiary/aromatic N) is 1. The fourth-order valence-corrected chi connectivity index (χ4v) is 2.23. The average molecular weight is 297 g/mol. The van der Waals surface area contributed by atoms with Gasteiger partial charge in [0.1, 0.15) is 5.52 Å². The van der Waals surface area contributed by atoms with Crippen LogP contribution >= 0.6 is 15.9 Å². The van der Waals surface area contributed by atoms with Crippen LogP contribution < -0.4 is 5.73 Å². The van der Waals surface area contributed by atoms with Crippen molar-refractivity contribution >= 4 is 27.0 Å². The maximum Gasteiger partial charge on any atom is 0.196 e. The Bertz CT molecular complexity index is 540. The summed E-state index contributed by atoms with van der Waals surface area (Å²) in [5.74, 6) is 0.703. The first-order chi connectivity index (χ1) is 7.91. The SMILES string of the molecule is CC(C)(C)c1cc(Br)c2oc(CCN)nc2c1. The second kappa shape index (κ2) is 4.42. The number of oxazole rings is 1. The highest BCUT2D eigenvalue weighted by Crippen LogP contribution is 2.32. The summed E-state index contributed by atoms with van der Waals surface area (Å²) in [6.45, 7) is 7.10. The van der Waals surface area contributed by atoms with Gasteiger partial charge < -0.3 is 10.2 Å². The first-order valence-electron chi connectivity index (χ1n) is 5.71. The molecule has 4 heteroatoms. The minimum atomic E-state index is 0.101. The molecular formula is C13H17BrN2O. The van der Waals surface area contributed by atoms with Crippen LogP contribution in [0.3, 0.4) is 0 Å². The van der Waals surface area contributed by atoms with Crippen molar-refractivity contribution in [2.45, 2.75) is 32.6 Å². The fraction of sp³-hybridized carbons (Fsp3) is 0.462. The summed E-state index contributed by atoms with van der Waals surface area (Å²) in [7, 11) is 0. The van der Waals surface area contributed by atoms with Crippen molar-refractivity contribution in [1.29, 1.82) is 0 Å². The molecular weight excluding hydrogens is 280 g/mol. The Balaban J connectivity index is 2.57. The Labute approximate surface area is 110 Å². The van der Waals surface area contributed by atoms with Crippen LogP contribution in [0.25, 0.3) is 11.1 Å². The molecule has 0 fully saturated rings. The van der Waals surface area contributed by atoms with E-state index in [-0.39, 0.29) is 5.41 Å².